The predicted octanol–water partition coefficient (Wildman–Crippen LogP) is 2.83. The van der Waals surface area contributed by atoms with Crippen LogP contribution in [0.15, 0.2) is 59.5 Å². The molecular weight excluding hydrogens is 384 g/mol. The molecule has 1 saturated heterocycles. The van der Waals surface area contributed by atoms with Gasteiger partial charge >= 0.3 is 6.03 Å². The van der Waals surface area contributed by atoms with Crippen molar-refractivity contribution in [2.45, 2.75) is 4.90 Å². The molecule has 7 nitrogen and oxygen atoms in total. The first-order valence-corrected chi connectivity index (χ1v) is 10.8. The summed E-state index contributed by atoms with van der Waals surface area (Å²) in [5.41, 5.74) is 0.844. The van der Waals surface area contributed by atoms with Crippen molar-refractivity contribution in [1.82, 2.24) is 14.2 Å². The number of benzene rings is 2. The highest BCUT2D eigenvalue weighted by Crippen LogP contribution is 2.26. The third-order valence-electron chi connectivity index (χ3n) is 4.41. The Hall–Kier alpha value is -2.49. The second kappa shape index (κ2) is 7.26. The fraction of sp³-hybridized carbons (Fsp3) is 0.222. The lowest BCUT2D eigenvalue weighted by molar-refractivity contribution is 0.184. The Labute approximate surface area is 161 Å². The minimum Gasteiger partial charge on any atom is -0.322 e. The summed E-state index contributed by atoms with van der Waals surface area (Å²) in [6.07, 6.45) is 0. The van der Waals surface area contributed by atoms with Crippen molar-refractivity contribution in [3.63, 3.8) is 0 Å². The third-order valence-corrected chi connectivity index (χ3v) is 7.28. The number of para-hydroxylation sites is 1. The van der Waals surface area contributed by atoms with Crippen molar-refractivity contribution < 1.29 is 13.2 Å². The average Bonchev–Trinajstić information content (AvgIpc) is 3.11. The second-order valence-corrected chi connectivity index (χ2v) is 9.09. The average molecular weight is 403 g/mol. The normalized spacial score (nSPS) is 15.8. The van der Waals surface area contributed by atoms with Crippen LogP contribution in [0, 0.1) is 0 Å². The Kier molecular flexibility index (Phi) is 4.81. The quantitative estimate of drug-likeness (QED) is 0.730. The number of fused-ring (bicyclic) bond motifs is 1. The second-order valence-electron chi connectivity index (χ2n) is 6.12. The van der Waals surface area contributed by atoms with Gasteiger partial charge in [-0.3, -0.25) is 5.32 Å². The van der Waals surface area contributed by atoms with Crippen molar-refractivity contribution >= 4 is 42.7 Å². The zero-order valence-electron chi connectivity index (χ0n) is 14.4. The molecule has 1 fully saturated rings. The van der Waals surface area contributed by atoms with Gasteiger partial charge < -0.3 is 4.90 Å². The van der Waals surface area contributed by atoms with Crippen LogP contribution in [0.5, 0.6) is 0 Å². The van der Waals surface area contributed by atoms with Gasteiger partial charge in [-0.05, 0) is 24.3 Å². The molecule has 0 atom stereocenters. The molecule has 0 radical (unpaired) electrons. The fourth-order valence-corrected chi connectivity index (χ4v) is 5.27. The molecule has 1 aliphatic rings. The van der Waals surface area contributed by atoms with Crippen molar-refractivity contribution in [2.24, 2.45) is 0 Å². The van der Waals surface area contributed by atoms with E-state index in [1.165, 1.54) is 15.6 Å². The Bertz CT molecular complexity index is 1030. The predicted molar refractivity (Wildman–Crippen MR) is 105 cm³/mol. The van der Waals surface area contributed by atoms with E-state index >= 15 is 0 Å². The third kappa shape index (κ3) is 3.66. The summed E-state index contributed by atoms with van der Waals surface area (Å²) < 4.78 is 27.7. The van der Waals surface area contributed by atoms with Crippen molar-refractivity contribution in [2.75, 3.05) is 31.5 Å². The van der Waals surface area contributed by atoms with Gasteiger partial charge in [0.25, 0.3) is 0 Å². The maximum absolute atomic E-state index is 12.7. The highest BCUT2D eigenvalue weighted by Gasteiger charge is 2.30. The Balaban J connectivity index is 1.39. The molecule has 2 heterocycles. The molecule has 1 aromatic heterocycles. The Morgan fingerprint density at radius 2 is 1.63 bits per heavy atom. The van der Waals surface area contributed by atoms with Gasteiger partial charge in [0.2, 0.25) is 10.0 Å². The summed E-state index contributed by atoms with van der Waals surface area (Å²) in [5.74, 6) is 0. The molecule has 27 heavy (non-hydrogen) atoms. The number of nitrogens with one attached hydrogen (secondary N) is 1. The zero-order chi connectivity index (χ0) is 18.9. The molecule has 0 saturated carbocycles. The van der Waals surface area contributed by atoms with E-state index in [-0.39, 0.29) is 24.0 Å². The summed E-state index contributed by atoms with van der Waals surface area (Å²) >= 11 is 1.42. The number of rotatable bonds is 3. The summed E-state index contributed by atoms with van der Waals surface area (Å²) in [5, 5.41) is 3.35. The molecule has 9 heteroatoms. The van der Waals surface area contributed by atoms with E-state index in [0.717, 1.165) is 10.2 Å². The maximum Gasteiger partial charge on any atom is 0.323 e. The van der Waals surface area contributed by atoms with Crippen LogP contribution in [0.3, 0.4) is 0 Å². The first kappa shape index (κ1) is 17.9. The van der Waals surface area contributed by atoms with E-state index in [9.17, 15) is 13.2 Å². The van der Waals surface area contributed by atoms with Crippen molar-refractivity contribution in [1.29, 1.82) is 0 Å². The number of aromatic nitrogens is 1. The van der Waals surface area contributed by atoms with Gasteiger partial charge in [-0.2, -0.15) is 4.31 Å². The summed E-state index contributed by atoms with van der Waals surface area (Å²) in [4.78, 5) is 18.8. The van der Waals surface area contributed by atoms with Crippen LogP contribution >= 0.6 is 11.3 Å². The smallest absolute Gasteiger partial charge is 0.322 e. The van der Waals surface area contributed by atoms with Crippen LogP contribution in [0.1, 0.15) is 0 Å². The highest BCUT2D eigenvalue weighted by molar-refractivity contribution is 7.89. The fourth-order valence-electron chi connectivity index (χ4n) is 2.97. The summed E-state index contributed by atoms with van der Waals surface area (Å²) in [6, 6.07) is 15.8. The van der Waals surface area contributed by atoms with Crippen molar-refractivity contribution in [3.05, 3.63) is 54.6 Å². The summed E-state index contributed by atoms with van der Waals surface area (Å²) in [7, 11) is -3.52. The number of nitrogens with zero attached hydrogens (tertiary/aromatic N) is 3. The van der Waals surface area contributed by atoms with Gasteiger partial charge in [0.1, 0.15) is 0 Å². The van der Waals surface area contributed by atoms with E-state index in [1.54, 1.807) is 35.2 Å². The number of thiazole rings is 1. The number of sulfonamides is 1. The molecule has 0 bridgehead atoms. The van der Waals surface area contributed by atoms with E-state index in [1.807, 2.05) is 24.3 Å². The van der Waals surface area contributed by atoms with Crippen LogP contribution in [0.4, 0.5) is 9.93 Å². The lowest BCUT2D eigenvalue weighted by atomic mass is 10.3. The molecule has 140 valence electrons. The minimum atomic E-state index is -3.52. The monoisotopic (exact) mass is 402 g/mol. The summed E-state index contributed by atoms with van der Waals surface area (Å²) in [6.45, 7) is 1.21. The van der Waals surface area contributed by atoms with Crippen LogP contribution < -0.4 is 5.32 Å². The van der Waals surface area contributed by atoms with Crippen LogP contribution in [-0.2, 0) is 10.0 Å². The Morgan fingerprint density at radius 1 is 0.963 bits per heavy atom. The molecule has 0 unspecified atom stereocenters. The van der Waals surface area contributed by atoms with Gasteiger partial charge in [-0.1, -0.05) is 41.7 Å². The van der Waals surface area contributed by atoms with Gasteiger partial charge in [-0.25, -0.2) is 18.2 Å². The topological polar surface area (TPSA) is 82.6 Å². The number of piperazine rings is 1. The van der Waals surface area contributed by atoms with Gasteiger partial charge in [0, 0.05) is 26.2 Å². The molecule has 1 aliphatic heterocycles. The largest absolute Gasteiger partial charge is 0.323 e. The van der Waals surface area contributed by atoms with Crippen LogP contribution in [0.2, 0.25) is 0 Å². The highest BCUT2D eigenvalue weighted by atomic mass is 32.2. The molecule has 3 aromatic rings. The van der Waals surface area contributed by atoms with E-state index in [4.69, 9.17) is 0 Å². The van der Waals surface area contributed by atoms with Gasteiger partial charge in [-0.15, -0.1) is 0 Å². The zero-order valence-corrected chi connectivity index (χ0v) is 16.0. The van der Waals surface area contributed by atoms with E-state index < -0.39 is 10.0 Å². The molecular formula is C18H18N4O3S2. The molecule has 1 N–H and O–H groups in total. The lowest BCUT2D eigenvalue weighted by Gasteiger charge is -2.33. The standard InChI is InChI=1S/C18H18N4O3S2/c23-18(20-17-19-15-8-4-5-9-16(15)26-17)21-10-12-22(13-11-21)27(24,25)14-6-2-1-3-7-14/h1-9H,10-13H2,(H,19,20,23). The minimum absolute atomic E-state index is 0.259. The van der Waals surface area contributed by atoms with Crippen LogP contribution in [0.25, 0.3) is 10.2 Å². The number of hydrogen-bond donors (Lipinski definition) is 1. The number of hydrogen-bond acceptors (Lipinski definition) is 5. The number of amides is 2. The number of carbonyl (C=O) groups is 1. The molecule has 4 rings (SSSR count). The number of carbonyl (C=O) groups excluding carboxylic acids is 1. The van der Waals surface area contributed by atoms with Crippen LogP contribution in [-0.4, -0.2) is 54.8 Å². The molecule has 2 aromatic carbocycles. The SMILES string of the molecule is O=C(Nc1nc2ccccc2s1)N1CCN(S(=O)(=O)c2ccccc2)CC1. The Morgan fingerprint density at radius 3 is 2.33 bits per heavy atom. The maximum atomic E-state index is 12.7. The molecule has 2 amide bonds. The number of anilines is 1. The first-order valence-electron chi connectivity index (χ1n) is 8.51. The first-order chi connectivity index (χ1) is 13.0. The van der Waals surface area contributed by atoms with Crippen molar-refractivity contribution in [3.8, 4) is 0 Å². The van der Waals surface area contributed by atoms with Gasteiger partial charge in [0.15, 0.2) is 5.13 Å². The molecule has 0 aliphatic carbocycles. The lowest BCUT2D eigenvalue weighted by Crippen LogP contribution is -2.51. The van der Waals surface area contributed by atoms with E-state index in [2.05, 4.69) is 10.3 Å². The number of urea groups is 1. The molecule has 0 spiro atoms. The van der Waals surface area contributed by atoms with E-state index in [0.29, 0.717) is 18.2 Å². The van der Waals surface area contributed by atoms with Gasteiger partial charge in [0.05, 0.1) is 15.1 Å².